The van der Waals surface area contributed by atoms with Crippen molar-refractivity contribution in [2.75, 3.05) is 4.90 Å². The number of hydrogen-bond donors (Lipinski definition) is 0. The van der Waals surface area contributed by atoms with Crippen molar-refractivity contribution < 1.29 is 0 Å². The number of benzene rings is 9. The van der Waals surface area contributed by atoms with Gasteiger partial charge in [0.15, 0.2) is 0 Å². The van der Waals surface area contributed by atoms with Gasteiger partial charge in [0.05, 0.1) is 5.69 Å². The quantitative estimate of drug-likeness (QED) is 0.174. The minimum atomic E-state index is 1.12. The fourth-order valence-corrected chi connectivity index (χ4v) is 7.75. The second kappa shape index (κ2) is 12.0. The molecule has 0 saturated heterocycles. The van der Waals surface area contributed by atoms with Crippen LogP contribution in [0.3, 0.4) is 0 Å². The van der Waals surface area contributed by atoms with Crippen molar-refractivity contribution in [2.45, 2.75) is 0 Å². The summed E-state index contributed by atoms with van der Waals surface area (Å²) in [5.74, 6) is 0. The van der Waals surface area contributed by atoms with Gasteiger partial charge in [-0.15, -0.1) is 0 Å². The Morgan fingerprint density at radius 3 is 1.29 bits per heavy atom. The molecule has 1 aliphatic rings. The maximum atomic E-state index is 2.41. The van der Waals surface area contributed by atoms with E-state index in [4.69, 9.17) is 0 Å². The zero-order chi connectivity index (χ0) is 33.7. The van der Waals surface area contributed by atoms with Crippen LogP contribution in [0.1, 0.15) is 0 Å². The van der Waals surface area contributed by atoms with E-state index in [-0.39, 0.29) is 0 Å². The third kappa shape index (κ3) is 5.10. The van der Waals surface area contributed by atoms with Gasteiger partial charge in [-0.1, -0.05) is 140 Å². The number of para-hydroxylation sites is 1. The molecule has 1 nitrogen and oxygen atoms in total. The van der Waals surface area contributed by atoms with Gasteiger partial charge in [-0.25, -0.2) is 0 Å². The van der Waals surface area contributed by atoms with Crippen molar-refractivity contribution in [2.24, 2.45) is 0 Å². The lowest BCUT2D eigenvalue weighted by Gasteiger charge is -2.29. The minimum Gasteiger partial charge on any atom is -0.310 e. The van der Waals surface area contributed by atoms with Crippen LogP contribution < -0.4 is 4.90 Å². The fourth-order valence-electron chi connectivity index (χ4n) is 7.75. The summed E-state index contributed by atoms with van der Waals surface area (Å²) in [6, 6.07) is 72.9. The molecular formula is C50H33N. The van der Waals surface area contributed by atoms with Crippen molar-refractivity contribution in [3.8, 4) is 55.6 Å². The Hall–Kier alpha value is -6.70. The third-order valence-electron chi connectivity index (χ3n) is 10.3. The highest BCUT2D eigenvalue weighted by atomic mass is 15.1. The molecular weight excluding hydrogens is 615 g/mol. The Morgan fingerprint density at radius 1 is 0.235 bits per heavy atom. The van der Waals surface area contributed by atoms with Gasteiger partial charge in [0.2, 0.25) is 0 Å². The number of nitrogens with zero attached hydrogens (tertiary/aromatic N) is 1. The maximum absolute atomic E-state index is 2.41. The van der Waals surface area contributed by atoms with Gasteiger partial charge in [-0.05, 0) is 132 Å². The highest BCUT2D eigenvalue weighted by Gasteiger charge is 2.25. The molecule has 0 bridgehead atoms. The highest BCUT2D eigenvalue weighted by Crippen LogP contribution is 2.51. The van der Waals surface area contributed by atoms with Crippen LogP contribution in [0.5, 0.6) is 0 Å². The highest BCUT2D eigenvalue weighted by molar-refractivity contribution is 6.12. The van der Waals surface area contributed by atoms with Crippen LogP contribution in [0.2, 0.25) is 0 Å². The molecule has 0 unspecified atom stereocenters. The van der Waals surface area contributed by atoms with E-state index in [0.717, 1.165) is 17.1 Å². The summed E-state index contributed by atoms with van der Waals surface area (Å²) < 4.78 is 0. The van der Waals surface area contributed by atoms with Gasteiger partial charge in [0.1, 0.15) is 0 Å². The van der Waals surface area contributed by atoms with E-state index in [0.29, 0.717) is 0 Å². The first-order chi connectivity index (χ1) is 25.3. The average Bonchev–Trinajstić information content (AvgIpc) is 3.21. The van der Waals surface area contributed by atoms with Crippen LogP contribution >= 0.6 is 0 Å². The molecule has 0 fully saturated rings. The molecule has 0 spiro atoms. The second-order valence-electron chi connectivity index (χ2n) is 13.4. The molecule has 0 heterocycles. The first-order valence-electron chi connectivity index (χ1n) is 17.6. The van der Waals surface area contributed by atoms with E-state index in [1.54, 1.807) is 0 Å². The van der Waals surface area contributed by atoms with Crippen LogP contribution in [0.25, 0.3) is 77.2 Å². The Morgan fingerprint density at radius 2 is 0.667 bits per heavy atom. The molecule has 0 aromatic heterocycles. The summed E-state index contributed by atoms with van der Waals surface area (Å²) in [4.78, 5) is 2.41. The second-order valence-corrected chi connectivity index (χ2v) is 13.4. The van der Waals surface area contributed by atoms with Gasteiger partial charge in [-0.2, -0.15) is 0 Å². The summed E-state index contributed by atoms with van der Waals surface area (Å²) in [5.41, 5.74) is 16.0. The number of hydrogen-bond acceptors (Lipinski definition) is 1. The van der Waals surface area contributed by atoms with E-state index in [2.05, 4.69) is 205 Å². The monoisotopic (exact) mass is 647 g/mol. The normalized spacial score (nSPS) is 11.5. The molecule has 0 amide bonds. The van der Waals surface area contributed by atoms with E-state index in [1.165, 1.54) is 77.2 Å². The van der Waals surface area contributed by atoms with Crippen molar-refractivity contribution in [3.05, 3.63) is 200 Å². The van der Waals surface area contributed by atoms with Crippen molar-refractivity contribution in [3.63, 3.8) is 0 Å². The lowest BCUT2D eigenvalue weighted by atomic mass is 9.77. The van der Waals surface area contributed by atoms with Crippen molar-refractivity contribution in [1.29, 1.82) is 0 Å². The van der Waals surface area contributed by atoms with Crippen molar-refractivity contribution in [1.82, 2.24) is 0 Å². The van der Waals surface area contributed by atoms with Crippen LogP contribution in [-0.4, -0.2) is 0 Å². The Bertz CT molecular complexity index is 2710. The number of rotatable bonds is 6. The van der Waals surface area contributed by atoms with Crippen molar-refractivity contribution >= 4 is 38.6 Å². The predicted octanol–water partition coefficient (Wildman–Crippen LogP) is 14.1. The van der Waals surface area contributed by atoms with Gasteiger partial charge >= 0.3 is 0 Å². The standard InChI is InChI=1S/C50H33N/c1-4-12-34(13-5-1)36-22-25-43(26-23-36)51(50-19-11-10-18-45(50)37-16-8-3-9-17-37)44-27-24-40-31-47-46-30-39-21-20-38(35-14-6-2-7-15-35)28-41(39)32-48(46)49(47)33-42(40)29-44/h1-33H. The van der Waals surface area contributed by atoms with Crippen LogP contribution in [0.15, 0.2) is 200 Å². The molecule has 51 heavy (non-hydrogen) atoms. The van der Waals surface area contributed by atoms with Gasteiger partial charge in [0, 0.05) is 16.9 Å². The first-order valence-corrected chi connectivity index (χ1v) is 17.6. The lowest BCUT2D eigenvalue weighted by Crippen LogP contribution is -2.11. The summed E-state index contributed by atoms with van der Waals surface area (Å²) in [7, 11) is 0. The summed E-state index contributed by atoms with van der Waals surface area (Å²) in [5, 5.41) is 5.04. The smallest absolute Gasteiger partial charge is 0.0540 e. The average molecular weight is 648 g/mol. The zero-order valence-corrected chi connectivity index (χ0v) is 28.0. The fraction of sp³-hybridized carbons (Fsp3) is 0. The molecule has 0 N–H and O–H groups in total. The molecule has 238 valence electrons. The first kappa shape index (κ1) is 29.2. The number of anilines is 3. The molecule has 0 aliphatic heterocycles. The molecule has 0 radical (unpaired) electrons. The molecule has 9 aromatic carbocycles. The molecule has 0 atom stereocenters. The van der Waals surface area contributed by atoms with Gasteiger partial charge in [-0.3, -0.25) is 0 Å². The van der Waals surface area contributed by atoms with E-state index in [9.17, 15) is 0 Å². The third-order valence-corrected chi connectivity index (χ3v) is 10.3. The summed E-state index contributed by atoms with van der Waals surface area (Å²) in [6.07, 6.45) is 0. The molecule has 10 rings (SSSR count). The van der Waals surface area contributed by atoms with E-state index in [1.807, 2.05) is 0 Å². The van der Waals surface area contributed by atoms with Crippen LogP contribution in [0.4, 0.5) is 17.1 Å². The number of fused-ring (bicyclic) bond motifs is 6. The Kier molecular flexibility index (Phi) is 6.89. The SMILES string of the molecule is c1ccc(-c2ccc(N(c3ccc4cc5c(cc4c3)-c3cc4cc(-c6ccccc6)ccc4cc3-5)c3ccccc3-c3ccccc3)cc2)cc1. The summed E-state index contributed by atoms with van der Waals surface area (Å²) in [6.45, 7) is 0. The minimum absolute atomic E-state index is 1.12. The van der Waals surface area contributed by atoms with Gasteiger partial charge < -0.3 is 4.90 Å². The topological polar surface area (TPSA) is 3.24 Å². The Labute approximate surface area is 298 Å². The summed E-state index contributed by atoms with van der Waals surface area (Å²) >= 11 is 0. The molecule has 1 heteroatoms. The van der Waals surface area contributed by atoms with Gasteiger partial charge in [0.25, 0.3) is 0 Å². The van der Waals surface area contributed by atoms with E-state index < -0.39 is 0 Å². The Balaban J connectivity index is 1.09. The zero-order valence-electron chi connectivity index (χ0n) is 28.0. The lowest BCUT2D eigenvalue weighted by molar-refractivity contribution is 1.29. The predicted molar refractivity (Wildman–Crippen MR) is 217 cm³/mol. The molecule has 9 aromatic rings. The molecule has 0 saturated carbocycles. The largest absolute Gasteiger partial charge is 0.310 e. The van der Waals surface area contributed by atoms with Crippen LogP contribution in [0, 0.1) is 0 Å². The molecule has 1 aliphatic carbocycles. The maximum Gasteiger partial charge on any atom is 0.0540 e. The van der Waals surface area contributed by atoms with E-state index >= 15 is 0 Å². The van der Waals surface area contributed by atoms with Crippen LogP contribution in [-0.2, 0) is 0 Å².